The van der Waals surface area contributed by atoms with Gasteiger partial charge in [0.15, 0.2) is 0 Å². The van der Waals surface area contributed by atoms with Gasteiger partial charge in [-0.2, -0.15) is 0 Å². The van der Waals surface area contributed by atoms with E-state index in [1.165, 1.54) is 0 Å². The summed E-state index contributed by atoms with van der Waals surface area (Å²) in [6, 6.07) is 5.91. The maximum Gasteiger partial charge on any atom is 0.141 e. The first-order chi connectivity index (χ1) is 7.66. The fourth-order valence-electron chi connectivity index (χ4n) is 1.46. The maximum atomic E-state index is 5.74. The molecule has 2 rings (SSSR count). The van der Waals surface area contributed by atoms with Crippen LogP contribution in [0.5, 0.6) is 5.75 Å². The SMILES string of the molecule is CC(C)Oc1ccc(Br)cc1-c1ncc[nH]1. The smallest absolute Gasteiger partial charge is 0.141 e. The number of hydrogen-bond acceptors (Lipinski definition) is 2. The summed E-state index contributed by atoms with van der Waals surface area (Å²) in [6.07, 6.45) is 3.68. The summed E-state index contributed by atoms with van der Waals surface area (Å²) in [4.78, 5) is 7.32. The fraction of sp³-hybridized carbons (Fsp3) is 0.250. The molecule has 1 heterocycles. The van der Waals surface area contributed by atoms with E-state index in [1.54, 1.807) is 12.4 Å². The van der Waals surface area contributed by atoms with E-state index in [1.807, 2.05) is 32.0 Å². The molecule has 4 heteroatoms. The van der Waals surface area contributed by atoms with Crippen LogP contribution in [0.15, 0.2) is 35.1 Å². The van der Waals surface area contributed by atoms with Crippen LogP contribution < -0.4 is 4.74 Å². The molecule has 0 saturated heterocycles. The van der Waals surface area contributed by atoms with Crippen LogP contribution in [0.25, 0.3) is 11.4 Å². The Labute approximate surface area is 103 Å². The highest BCUT2D eigenvalue weighted by Crippen LogP contribution is 2.31. The van der Waals surface area contributed by atoms with Gasteiger partial charge in [0.1, 0.15) is 11.6 Å². The lowest BCUT2D eigenvalue weighted by Crippen LogP contribution is -2.06. The second-order valence-corrected chi connectivity index (χ2v) is 4.66. The minimum Gasteiger partial charge on any atom is -0.490 e. The molecule has 0 radical (unpaired) electrons. The zero-order chi connectivity index (χ0) is 11.5. The summed E-state index contributed by atoms with van der Waals surface area (Å²) in [6.45, 7) is 4.02. The van der Waals surface area contributed by atoms with Crippen LogP contribution in [0, 0.1) is 0 Å². The van der Waals surface area contributed by atoms with Crippen LogP contribution in [-0.4, -0.2) is 16.1 Å². The van der Waals surface area contributed by atoms with Crippen molar-refractivity contribution in [2.24, 2.45) is 0 Å². The lowest BCUT2D eigenvalue weighted by Gasteiger charge is -2.13. The Morgan fingerprint density at radius 1 is 1.38 bits per heavy atom. The van der Waals surface area contributed by atoms with Crippen molar-refractivity contribution in [1.29, 1.82) is 0 Å². The Morgan fingerprint density at radius 3 is 2.81 bits per heavy atom. The molecule has 0 spiro atoms. The van der Waals surface area contributed by atoms with Crippen molar-refractivity contribution in [1.82, 2.24) is 9.97 Å². The van der Waals surface area contributed by atoms with Gasteiger partial charge < -0.3 is 9.72 Å². The van der Waals surface area contributed by atoms with Gasteiger partial charge in [-0.1, -0.05) is 15.9 Å². The Kier molecular flexibility index (Phi) is 3.29. The second kappa shape index (κ2) is 4.70. The summed E-state index contributed by atoms with van der Waals surface area (Å²) < 4.78 is 6.75. The predicted molar refractivity (Wildman–Crippen MR) is 67.5 cm³/mol. The molecule has 3 nitrogen and oxygen atoms in total. The number of ether oxygens (including phenoxy) is 1. The molecule has 1 aromatic heterocycles. The van der Waals surface area contributed by atoms with Crippen LogP contribution in [-0.2, 0) is 0 Å². The molecule has 84 valence electrons. The van der Waals surface area contributed by atoms with E-state index in [2.05, 4.69) is 25.9 Å². The van der Waals surface area contributed by atoms with Crippen molar-refractivity contribution in [2.45, 2.75) is 20.0 Å². The highest BCUT2D eigenvalue weighted by molar-refractivity contribution is 9.10. The van der Waals surface area contributed by atoms with Crippen LogP contribution >= 0.6 is 15.9 Å². The van der Waals surface area contributed by atoms with Crippen molar-refractivity contribution < 1.29 is 4.74 Å². The zero-order valence-corrected chi connectivity index (χ0v) is 10.8. The average Bonchev–Trinajstić information content (AvgIpc) is 2.73. The van der Waals surface area contributed by atoms with E-state index < -0.39 is 0 Å². The van der Waals surface area contributed by atoms with Crippen LogP contribution in [0.4, 0.5) is 0 Å². The number of aromatic amines is 1. The van der Waals surface area contributed by atoms with Gasteiger partial charge in [-0.15, -0.1) is 0 Å². The molecule has 0 aliphatic carbocycles. The first kappa shape index (κ1) is 11.2. The molecule has 0 atom stereocenters. The lowest BCUT2D eigenvalue weighted by atomic mass is 10.2. The van der Waals surface area contributed by atoms with E-state index in [0.29, 0.717) is 0 Å². The van der Waals surface area contributed by atoms with Crippen molar-refractivity contribution in [3.8, 4) is 17.1 Å². The first-order valence-corrected chi connectivity index (χ1v) is 5.92. The van der Waals surface area contributed by atoms with E-state index >= 15 is 0 Å². The number of imidazole rings is 1. The van der Waals surface area contributed by atoms with E-state index in [-0.39, 0.29) is 6.10 Å². The zero-order valence-electron chi connectivity index (χ0n) is 9.20. The van der Waals surface area contributed by atoms with Gasteiger partial charge in [0.2, 0.25) is 0 Å². The van der Waals surface area contributed by atoms with E-state index in [0.717, 1.165) is 21.6 Å². The minimum atomic E-state index is 0.148. The normalized spacial score (nSPS) is 10.8. The summed E-state index contributed by atoms with van der Waals surface area (Å²) in [5, 5.41) is 0. The first-order valence-electron chi connectivity index (χ1n) is 5.13. The van der Waals surface area contributed by atoms with Crippen LogP contribution in [0.1, 0.15) is 13.8 Å². The summed E-state index contributed by atoms with van der Waals surface area (Å²) >= 11 is 3.45. The minimum absolute atomic E-state index is 0.148. The van der Waals surface area contributed by atoms with Crippen LogP contribution in [0.3, 0.4) is 0 Å². The monoisotopic (exact) mass is 280 g/mol. The number of aromatic nitrogens is 2. The van der Waals surface area contributed by atoms with Gasteiger partial charge in [0.05, 0.1) is 11.7 Å². The Hall–Kier alpha value is -1.29. The largest absolute Gasteiger partial charge is 0.490 e. The third-order valence-corrected chi connectivity index (χ3v) is 2.55. The van der Waals surface area contributed by atoms with Gasteiger partial charge >= 0.3 is 0 Å². The highest BCUT2D eigenvalue weighted by Gasteiger charge is 2.10. The summed E-state index contributed by atoms with van der Waals surface area (Å²) in [7, 11) is 0. The standard InChI is InChI=1S/C12H13BrN2O/c1-8(2)16-11-4-3-9(13)7-10(11)12-14-5-6-15-12/h3-8H,1-2H3,(H,14,15). The van der Waals surface area contributed by atoms with Gasteiger partial charge in [-0.25, -0.2) is 4.98 Å². The third kappa shape index (κ3) is 2.44. The van der Waals surface area contributed by atoms with Crippen molar-refractivity contribution in [3.63, 3.8) is 0 Å². The van der Waals surface area contributed by atoms with Gasteiger partial charge in [-0.05, 0) is 32.0 Å². The van der Waals surface area contributed by atoms with Gasteiger partial charge in [0, 0.05) is 16.9 Å². The predicted octanol–water partition coefficient (Wildman–Crippen LogP) is 3.63. The molecule has 0 saturated carbocycles. The molecule has 0 aliphatic rings. The Morgan fingerprint density at radius 2 is 2.19 bits per heavy atom. The molecule has 16 heavy (non-hydrogen) atoms. The summed E-state index contributed by atoms with van der Waals surface area (Å²) in [5.41, 5.74) is 0.966. The molecule has 0 amide bonds. The van der Waals surface area contributed by atoms with Crippen LogP contribution in [0.2, 0.25) is 0 Å². The average molecular weight is 281 g/mol. The topological polar surface area (TPSA) is 37.9 Å². The summed E-state index contributed by atoms with van der Waals surface area (Å²) in [5.74, 6) is 1.66. The lowest BCUT2D eigenvalue weighted by molar-refractivity contribution is 0.243. The highest BCUT2D eigenvalue weighted by atomic mass is 79.9. The third-order valence-electron chi connectivity index (χ3n) is 2.06. The Bertz CT molecular complexity index is 466. The number of H-pyrrole nitrogens is 1. The molecule has 0 bridgehead atoms. The molecule has 1 aromatic carbocycles. The molecular weight excluding hydrogens is 268 g/mol. The fourth-order valence-corrected chi connectivity index (χ4v) is 1.82. The molecule has 1 N–H and O–H groups in total. The van der Waals surface area contributed by atoms with Crippen molar-refractivity contribution >= 4 is 15.9 Å². The number of benzene rings is 1. The number of nitrogens with one attached hydrogen (secondary N) is 1. The molecular formula is C12H13BrN2O. The number of hydrogen-bond donors (Lipinski definition) is 1. The number of halogens is 1. The maximum absolute atomic E-state index is 5.74. The van der Waals surface area contributed by atoms with Gasteiger partial charge in [-0.3, -0.25) is 0 Å². The molecule has 2 aromatic rings. The molecule has 0 aliphatic heterocycles. The molecule has 0 unspecified atom stereocenters. The van der Waals surface area contributed by atoms with E-state index in [4.69, 9.17) is 4.74 Å². The number of nitrogens with zero attached hydrogens (tertiary/aromatic N) is 1. The van der Waals surface area contributed by atoms with Crippen molar-refractivity contribution in [3.05, 3.63) is 35.1 Å². The Balaban J connectivity index is 2.45. The van der Waals surface area contributed by atoms with Gasteiger partial charge in [0.25, 0.3) is 0 Å². The molecule has 0 fully saturated rings. The van der Waals surface area contributed by atoms with Crippen molar-refractivity contribution in [2.75, 3.05) is 0 Å². The second-order valence-electron chi connectivity index (χ2n) is 3.74. The van der Waals surface area contributed by atoms with E-state index in [9.17, 15) is 0 Å². The quantitative estimate of drug-likeness (QED) is 0.933. The number of rotatable bonds is 3.